The van der Waals surface area contributed by atoms with Gasteiger partial charge >= 0.3 is 17.9 Å². The number of carboxylic acid groups (broad SMARTS) is 1. The molecule has 0 bridgehead atoms. The minimum Gasteiger partial charge on any atom is -0.479 e. The highest BCUT2D eigenvalue weighted by molar-refractivity contribution is 5.88. The van der Waals surface area contributed by atoms with E-state index in [1.54, 1.807) is 33.8 Å². The molecule has 4 heterocycles. The van der Waals surface area contributed by atoms with E-state index in [-0.39, 0.29) is 24.7 Å². The van der Waals surface area contributed by atoms with E-state index in [0.29, 0.717) is 36.8 Å². The average Bonchev–Trinajstić information content (AvgIpc) is 0.913. The van der Waals surface area contributed by atoms with E-state index >= 15 is 0 Å². The minimum atomic E-state index is -2.19. The zero-order valence-electron chi connectivity index (χ0n) is 52.4. The van der Waals surface area contributed by atoms with Crippen LogP contribution in [0, 0.1) is 50.2 Å². The van der Waals surface area contributed by atoms with Crippen molar-refractivity contribution in [1.82, 2.24) is 0 Å². The first kappa shape index (κ1) is 70.1. The zero-order chi connectivity index (χ0) is 65.7. The Hall–Kier alpha value is -3.21. The van der Waals surface area contributed by atoms with Crippen LogP contribution in [-0.2, 0) is 61.8 Å². The summed E-state index contributed by atoms with van der Waals surface area (Å²) < 4.78 is 61.8. The van der Waals surface area contributed by atoms with Gasteiger partial charge in [0.1, 0.15) is 85.5 Å². The summed E-state index contributed by atoms with van der Waals surface area (Å²) in [5.74, 6) is -4.31. The average molecular weight is 1270 g/mol. The van der Waals surface area contributed by atoms with Gasteiger partial charge in [-0.3, -0.25) is 0 Å². The second-order valence-corrected chi connectivity index (χ2v) is 28.7. The molecule has 8 fully saturated rings. The van der Waals surface area contributed by atoms with Gasteiger partial charge in [-0.25, -0.2) is 14.4 Å². The largest absolute Gasteiger partial charge is 0.479 e. The maximum Gasteiger partial charge on any atom is 0.335 e. The molecule has 0 amide bonds. The van der Waals surface area contributed by atoms with Gasteiger partial charge in [0.05, 0.1) is 50.2 Å². The third-order valence-electron chi connectivity index (χ3n) is 22.7. The van der Waals surface area contributed by atoms with Crippen molar-refractivity contribution in [2.45, 2.75) is 256 Å². The number of allylic oxidation sites excluding steroid dienone is 3. The Balaban J connectivity index is 1.08. The molecule has 506 valence electrons. The molecule has 0 spiro atoms. The number of aliphatic hydroxyl groups excluding tert-OH is 13. The summed E-state index contributed by atoms with van der Waals surface area (Å²) in [6, 6.07) is 0. The molecular formula is C62H96O27. The SMILES string of the molecule is C/C=C(/C)C(=O)O[C@H]1[C@H](OC(=O)C=C(C)C)[C@@]2(CO)C(CC1(C)C)C1=CCC3[C@@]4(C)CC[C@H](O[C@@H]5O[C@H](C(=O)O)[C@@H](O[C@@H]6O[C@@H](CO)[C@H](O)[C@H]6O)[C@H](O[C@H]6OC[C@@H](O)C(O)[C@@H]6O)[C@H]5O[C@@H]5O[C@H](CO)[C@@H](O)[C@H](O)[C@H]5O)C(C)(C)C4CC[C@@]3(C)[C@]1(C)[C@@H](O)[C@H]2O. The minimum absolute atomic E-state index is 0.209. The topological polar surface area (TPSA) is 427 Å². The number of carbonyl (C=O) groups excluding carboxylic acids is 2. The molecular weight excluding hydrogens is 1180 g/mol. The molecule has 0 radical (unpaired) electrons. The Morgan fingerprint density at radius 3 is 1.81 bits per heavy atom. The fourth-order valence-electron chi connectivity index (χ4n) is 17.5. The number of esters is 2. The van der Waals surface area contributed by atoms with Crippen LogP contribution in [0.2, 0.25) is 0 Å². The van der Waals surface area contributed by atoms with Crippen molar-refractivity contribution < 1.29 is 133 Å². The van der Waals surface area contributed by atoms with E-state index < -0.39 is 224 Å². The summed E-state index contributed by atoms with van der Waals surface area (Å²) >= 11 is 0. The predicted octanol–water partition coefficient (Wildman–Crippen LogP) is -1.27. The molecule has 14 N–H and O–H groups in total. The van der Waals surface area contributed by atoms with E-state index in [1.807, 2.05) is 34.6 Å². The van der Waals surface area contributed by atoms with E-state index in [0.717, 1.165) is 5.57 Å². The monoisotopic (exact) mass is 1270 g/mol. The molecule has 4 saturated carbocycles. The molecule has 9 aliphatic rings. The lowest BCUT2D eigenvalue weighted by molar-refractivity contribution is -0.401. The molecule has 89 heavy (non-hydrogen) atoms. The molecule has 0 aromatic rings. The van der Waals surface area contributed by atoms with Crippen LogP contribution in [0.4, 0.5) is 0 Å². The third kappa shape index (κ3) is 11.6. The van der Waals surface area contributed by atoms with Gasteiger partial charge in [0, 0.05) is 22.5 Å². The van der Waals surface area contributed by atoms with Crippen LogP contribution >= 0.6 is 0 Å². The molecule has 0 aromatic heterocycles. The van der Waals surface area contributed by atoms with Gasteiger partial charge in [-0.05, 0) is 100 Å². The molecule has 4 saturated heterocycles. The van der Waals surface area contributed by atoms with Crippen LogP contribution in [0.5, 0.6) is 0 Å². The normalized spacial score (nSPS) is 49.4. The van der Waals surface area contributed by atoms with Crippen molar-refractivity contribution in [3.05, 3.63) is 34.9 Å². The Kier molecular flexibility index (Phi) is 20.4. The molecule has 0 aromatic carbocycles. The quantitative estimate of drug-likeness (QED) is 0.0371. The second kappa shape index (κ2) is 25.8. The summed E-state index contributed by atoms with van der Waals surface area (Å²) in [5.41, 5.74) is -4.41. The molecule has 5 aliphatic carbocycles. The standard InChI is InChI=1S/C62H96O27/c1-12-26(4)52(79)89-49-50(84-35(67)19-25(2)3)62(24-65)28(20-57(49,5)6)27-13-14-33-59(9)17-16-34(58(7,8)32(59)15-18-60(33,10)61(27,11)47(75)48(62)76)83-56-46(88-55-42(74)39(71)37(69)30(21-63)81-55)44(85-53-40(72)36(68)29(66)23-80-53)43(45(87-56)51(77)78)86-54-41(73)38(70)31(22-64)82-54/h12-13,19,28-34,36-50,53-56,63-66,68-76H,14-18,20-24H2,1-11H3,(H,77,78)/b26-12-/t28?,29-,30-,31+,32?,33?,34+,36?,37-,38+,39+,40+,41-,42-,43+,44+,45+,46-,47+,48-,49+,50+,53-,54+,55+,56-,59+,60-,61+,62+/m1/s1. The maximum atomic E-state index is 13.8. The highest BCUT2D eigenvalue weighted by atomic mass is 16.8. The van der Waals surface area contributed by atoms with Crippen LogP contribution < -0.4 is 0 Å². The number of fused-ring (bicyclic) bond motifs is 7. The van der Waals surface area contributed by atoms with Crippen molar-refractivity contribution in [2.24, 2.45) is 50.2 Å². The van der Waals surface area contributed by atoms with E-state index in [4.69, 9.17) is 47.4 Å². The van der Waals surface area contributed by atoms with Crippen molar-refractivity contribution >= 4 is 17.9 Å². The van der Waals surface area contributed by atoms with Crippen molar-refractivity contribution in [2.75, 3.05) is 26.4 Å². The van der Waals surface area contributed by atoms with Gasteiger partial charge < -0.3 is 119 Å². The lowest BCUT2D eigenvalue weighted by Crippen LogP contribution is -2.76. The maximum absolute atomic E-state index is 13.8. The summed E-state index contributed by atoms with van der Waals surface area (Å²) in [7, 11) is 0. The lowest BCUT2D eigenvalue weighted by atomic mass is 9.32. The number of carboxylic acids is 1. The predicted molar refractivity (Wildman–Crippen MR) is 303 cm³/mol. The van der Waals surface area contributed by atoms with Gasteiger partial charge in [0.15, 0.2) is 37.4 Å². The van der Waals surface area contributed by atoms with Crippen LogP contribution in [0.1, 0.15) is 115 Å². The number of rotatable bonds is 16. The van der Waals surface area contributed by atoms with Gasteiger partial charge in [-0.2, -0.15) is 0 Å². The summed E-state index contributed by atoms with van der Waals surface area (Å²) in [6.45, 7) is 17.6. The number of ether oxygens (including phenoxy) is 10. The fourth-order valence-corrected chi connectivity index (χ4v) is 17.5. The van der Waals surface area contributed by atoms with Gasteiger partial charge in [0.2, 0.25) is 0 Å². The first-order chi connectivity index (χ1) is 41.6. The van der Waals surface area contributed by atoms with E-state index in [2.05, 4.69) is 19.9 Å². The van der Waals surface area contributed by atoms with Crippen LogP contribution in [0.3, 0.4) is 0 Å². The van der Waals surface area contributed by atoms with E-state index in [1.165, 1.54) is 6.08 Å². The van der Waals surface area contributed by atoms with Crippen molar-refractivity contribution in [1.29, 1.82) is 0 Å². The van der Waals surface area contributed by atoms with Crippen LogP contribution in [0.25, 0.3) is 0 Å². The number of aliphatic carboxylic acids is 1. The summed E-state index contributed by atoms with van der Waals surface area (Å²) in [5, 5.41) is 157. The van der Waals surface area contributed by atoms with E-state index in [9.17, 15) is 85.9 Å². The first-order valence-electron chi connectivity index (χ1n) is 31.0. The Labute approximate surface area is 517 Å². The summed E-state index contributed by atoms with van der Waals surface area (Å²) in [6.07, 6.45) is -33.5. The number of hydrogen-bond acceptors (Lipinski definition) is 26. The lowest BCUT2D eigenvalue weighted by Gasteiger charge is -2.73. The fraction of sp³-hybridized carbons (Fsp3) is 0.855. The second-order valence-electron chi connectivity index (χ2n) is 28.7. The van der Waals surface area contributed by atoms with Crippen LogP contribution in [-0.4, -0.2) is 257 Å². The molecule has 30 atom stereocenters. The highest BCUT2D eigenvalue weighted by Crippen LogP contribution is 2.76. The Morgan fingerprint density at radius 1 is 0.640 bits per heavy atom. The molecule has 27 nitrogen and oxygen atoms in total. The highest BCUT2D eigenvalue weighted by Gasteiger charge is 2.76. The molecule has 4 aliphatic heterocycles. The summed E-state index contributed by atoms with van der Waals surface area (Å²) in [4.78, 5) is 41.1. The van der Waals surface area contributed by atoms with Crippen LogP contribution in [0.15, 0.2) is 34.9 Å². The molecule has 27 heteroatoms. The Bertz CT molecular complexity index is 2660. The molecule has 4 unspecified atom stereocenters. The number of carbonyl (C=O) groups is 3. The van der Waals surface area contributed by atoms with Gasteiger partial charge in [-0.15, -0.1) is 0 Å². The van der Waals surface area contributed by atoms with Crippen molar-refractivity contribution in [3.63, 3.8) is 0 Å². The third-order valence-corrected chi connectivity index (χ3v) is 22.7. The van der Waals surface area contributed by atoms with Gasteiger partial charge in [-0.1, -0.05) is 71.8 Å². The zero-order valence-corrected chi connectivity index (χ0v) is 52.4. The van der Waals surface area contributed by atoms with Gasteiger partial charge in [0.25, 0.3) is 0 Å². The van der Waals surface area contributed by atoms with Crippen molar-refractivity contribution in [3.8, 4) is 0 Å². The first-order valence-corrected chi connectivity index (χ1v) is 31.0. The molecule has 9 rings (SSSR count). The number of hydrogen-bond donors (Lipinski definition) is 14. The smallest absolute Gasteiger partial charge is 0.335 e. The number of aliphatic hydroxyl groups is 13. The Morgan fingerprint density at radius 2 is 1.22 bits per heavy atom.